The van der Waals surface area contributed by atoms with Crippen molar-refractivity contribution in [2.24, 2.45) is 5.73 Å². The number of nitrogens with zero attached hydrogens (tertiary/aromatic N) is 2. The first-order chi connectivity index (χ1) is 9.63. The summed E-state index contributed by atoms with van der Waals surface area (Å²) in [5.41, 5.74) is 5.68. The summed E-state index contributed by atoms with van der Waals surface area (Å²) in [7, 11) is 0. The van der Waals surface area contributed by atoms with E-state index < -0.39 is 0 Å². The van der Waals surface area contributed by atoms with Crippen LogP contribution < -0.4 is 5.73 Å². The molecule has 116 valence electrons. The first-order valence-electron chi connectivity index (χ1n) is 7.91. The van der Waals surface area contributed by atoms with Crippen LogP contribution in [0, 0.1) is 0 Å². The summed E-state index contributed by atoms with van der Waals surface area (Å²) in [6, 6.07) is 0.181. The lowest BCUT2D eigenvalue weighted by atomic mass is 10.2. The molecule has 1 fully saturated rings. The fourth-order valence-corrected chi connectivity index (χ4v) is 2.83. The van der Waals surface area contributed by atoms with Gasteiger partial charge in [0.25, 0.3) is 0 Å². The third-order valence-corrected chi connectivity index (χ3v) is 3.86. The molecule has 20 heavy (non-hydrogen) atoms. The molecule has 5 heteroatoms. The van der Waals surface area contributed by atoms with Crippen LogP contribution in [-0.2, 0) is 9.59 Å². The van der Waals surface area contributed by atoms with Gasteiger partial charge >= 0.3 is 0 Å². The van der Waals surface area contributed by atoms with Crippen molar-refractivity contribution in [1.29, 1.82) is 0 Å². The molecular formula is C15H29N3O2. The highest BCUT2D eigenvalue weighted by Gasteiger charge is 2.27. The van der Waals surface area contributed by atoms with Gasteiger partial charge in [0.1, 0.15) is 0 Å². The Morgan fingerprint density at radius 3 is 2.40 bits per heavy atom. The maximum absolute atomic E-state index is 12.2. The zero-order chi connectivity index (χ0) is 15.0. The van der Waals surface area contributed by atoms with Crippen molar-refractivity contribution in [1.82, 2.24) is 9.80 Å². The summed E-state index contributed by atoms with van der Waals surface area (Å²) in [5, 5.41) is 0. The Hall–Kier alpha value is -1.10. The predicted molar refractivity (Wildman–Crippen MR) is 80.2 cm³/mol. The van der Waals surface area contributed by atoms with E-state index in [9.17, 15) is 9.59 Å². The number of likely N-dealkylation sites (tertiary alicyclic amines) is 1. The van der Waals surface area contributed by atoms with Gasteiger partial charge in [-0.15, -0.1) is 0 Å². The van der Waals surface area contributed by atoms with E-state index >= 15 is 0 Å². The Morgan fingerprint density at radius 1 is 1.20 bits per heavy atom. The topological polar surface area (TPSA) is 66.6 Å². The number of nitrogens with two attached hydrogens (primary N) is 1. The minimum Gasteiger partial charge on any atom is -0.343 e. The maximum atomic E-state index is 12.2. The average molecular weight is 283 g/mol. The molecule has 1 rings (SSSR count). The van der Waals surface area contributed by atoms with E-state index in [0.717, 1.165) is 45.3 Å². The molecule has 0 bridgehead atoms. The SMILES string of the molecule is CCCN(CCC)C(=O)CCC(=O)N1CCCC1CN. The van der Waals surface area contributed by atoms with Gasteiger partial charge in [-0.2, -0.15) is 0 Å². The van der Waals surface area contributed by atoms with Gasteiger partial charge in [-0.1, -0.05) is 13.8 Å². The number of amides is 2. The monoisotopic (exact) mass is 283 g/mol. The zero-order valence-corrected chi connectivity index (χ0v) is 12.9. The van der Waals surface area contributed by atoms with Crippen molar-refractivity contribution < 1.29 is 9.59 Å². The number of rotatable bonds is 8. The molecule has 0 saturated carbocycles. The van der Waals surface area contributed by atoms with E-state index in [1.54, 1.807) is 0 Å². The molecule has 1 aliphatic rings. The first-order valence-corrected chi connectivity index (χ1v) is 7.91. The molecule has 0 aliphatic carbocycles. The smallest absolute Gasteiger partial charge is 0.223 e. The predicted octanol–water partition coefficient (Wildman–Crippen LogP) is 1.36. The van der Waals surface area contributed by atoms with Gasteiger partial charge in [-0.3, -0.25) is 9.59 Å². The molecule has 1 atom stereocenters. The van der Waals surface area contributed by atoms with Crippen molar-refractivity contribution in [2.45, 2.75) is 58.4 Å². The molecule has 0 aromatic rings. The number of carbonyl (C=O) groups excluding carboxylic acids is 2. The lowest BCUT2D eigenvalue weighted by Gasteiger charge is -2.25. The fourth-order valence-electron chi connectivity index (χ4n) is 2.83. The van der Waals surface area contributed by atoms with Crippen molar-refractivity contribution in [3.05, 3.63) is 0 Å². The van der Waals surface area contributed by atoms with Crippen molar-refractivity contribution >= 4 is 11.8 Å². The van der Waals surface area contributed by atoms with Crippen LogP contribution in [0.3, 0.4) is 0 Å². The Morgan fingerprint density at radius 2 is 1.85 bits per heavy atom. The quantitative estimate of drug-likeness (QED) is 0.731. The molecule has 1 heterocycles. The van der Waals surface area contributed by atoms with E-state index in [2.05, 4.69) is 13.8 Å². The minimum atomic E-state index is 0.0826. The average Bonchev–Trinajstić information content (AvgIpc) is 2.92. The second-order valence-corrected chi connectivity index (χ2v) is 5.50. The standard InChI is InChI=1S/C15H29N3O2/c1-3-9-17(10-4-2)14(19)7-8-15(20)18-11-5-6-13(18)12-16/h13H,3-12,16H2,1-2H3. The van der Waals surface area contributed by atoms with Crippen molar-refractivity contribution in [2.75, 3.05) is 26.2 Å². The number of carbonyl (C=O) groups is 2. The van der Waals surface area contributed by atoms with E-state index in [1.807, 2.05) is 9.80 Å². The van der Waals surface area contributed by atoms with Crippen LogP contribution in [0.25, 0.3) is 0 Å². The highest BCUT2D eigenvalue weighted by molar-refractivity contribution is 5.84. The third-order valence-electron chi connectivity index (χ3n) is 3.86. The number of hydrogen-bond donors (Lipinski definition) is 1. The van der Waals surface area contributed by atoms with Gasteiger partial charge in [-0.05, 0) is 25.7 Å². The lowest BCUT2D eigenvalue weighted by molar-refractivity contribution is -0.137. The fraction of sp³-hybridized carbons (Fsp3) is 0.867. The summed E-state index contributed by atoms with van der Waals surface area (Å²) in [6.07, 6.45) is 4.58. The van der Waals surface area contributed by atoms with Gasteiger partial charge in [0.15, 0.2) is 0 Å². The normalized spacial score (nSPS) is 18.4. The third kappa shape index (κ3) is 4.78. The highest BCUT2D eigenvalue weighted by atomic mass is 16.2. The minimum absolute atomic E-state index is 0.0826. The summed E-state index contributed by atoms with van der Waals surface area (Å²) in [6.45, 7) is 7.03. The summed E-state index contributed by atoms with van der Waals surface area (Å²) in [4.78, 5) is 28.0. The molecule has 5 nitrogen and oxygen atoms in total. The molecule has 2 amide bonds. The first kappa shape index (κ1) is 17.0. The Labute approximate surface area is 122 Å². The van der Waals surface area contributed by atoms with Gasteiger partial charge in [0.2, 0.25) is 11.8 Å². The molecular weight excluding hydrogens is 254 g/mol. The maximum Gasteiger partial charge on any atom is 0.223 e. The van der Waals surface area contributed by atoms with Gasteiger partial charge in [0.05, 0.1) is 0 Å². The Kier molecular flexibility index (Phi) is 7.59. The molecule has 0 aromatic carbocycles. The van der Waals surface area contributed by atoms with Gasteiger partial charge < -0.3 is 15.5 Å². The molecule has 1 aliphatic heterocycles. The van der Waals surface area contributed by atoms with Crippen molar-refractivity contribution in [3.8, 4) is 0 Å². The highest BCUT2D eigenvalue weighted by Crippen LogP contribution is 2.17. The van der Waals surface area contributed by atoms with Crippen LogP contribution in [0.2, 0.25) is 0 Å². The summed E-state index contributed by atoms with van der Waals surface area (Å²) < 4.78 is 0. The van der Waals surface area contributed by atoms with Crippen LogP contribution in [0.5, 0.6) is 0 Å². The van der Waals surface area contributed by atoms with E-state index in [1.165, 1.54) is 0 Å². The second-order valence-electron chi connectivity index (χ2n) is 5.50. The zero-order valence-electron chi connectivity index (χ0n) is 12.9. The molecule has 2 N–H and O–H groups in total. The van der Waals surface area contributed by atoms with E-state index in [4.69, 9.17) is 5.73 Å². The van der Waals surface area contributed by atoms with Crippen LogP contribution in [0.4, 0.5) is 0 Å². The molecule has 0 spiro atoms. The molecule has 0 aromatic heterocycles. The molecule has 0 radical (unpaired) electrons. The van der Waals surface area contributed by atoms with Crippen LogP contribution in [-0.4, -0.2) is 53.8 Å². The summed E-state index contributed by atoms with van der Waals surface area (Å²) in [5.74, 6) is 0.185. The number of hydrogen-bond acceptors (Lipinski definition) is 3. The van der Waals surface area contributed by atoms with Crippen LogP contribution in [0.15, 0.2) is 0 Å². The lowest BCUT2D eigenvalue weighted by Crippen LogP contribution is -2.40. The Balaban J connectivity index is 2.40. The van der Waals surface area contributed by atoms with Crippen molar-refractivity contribution in [3.63, 3.8) is 0 Å². The molecule has 1 saturated heterocycles. The van der Waals surface area contributed by atoms with E-state index in [-0.39, 0.29) is 17.9 Å². The van der Waals surface area contributed by atoms with Gasteiger partial charge in [-0.25, -0.2) is 0 Å². The second kappa shape index (κ2) is 8.95. The largest absolute Gasteiger partial charge is 0.343 e. The summed E-state index contributed by atoms with van der Waals surface area (Å²) >= 11 is 0. The van der Waals surface area contributed by atoms with Gasteiger partial charge in [0, 0.05) is 45.1 Å². The molecule has 1 unspecified atom stereocenters. The van der Waals surface area contributed by atoms with Crippen LogP contribution >= 0.6 is 0 Å². The Bertz CT molecular complexity index is 314. The van der Waals surface area contributed by atoms with E-state index in [0.29, 0.717) is 19.4 Å². The van der Waals surface area contributed by atoms with Crippen LogP contribution in [0.1, 0.15) is 52.4 Å².